The maximum atomic E-state index is 11.4. The molecule has 1 N–H and O–H groups in total. The van der Waals surface area contributed by atoms with Crippen LogP contribution >= 0.6 is 0 Å². The molecular weight excluding hydrogens is 294 g/mol. The van der Waals surface area contributed by atoms with E-state index in [9.17, 15) is 4.79 Å². The lowest BCUT2D eigenvalue weighted by molar-refractivity contribution is -0.104. The van der Waals surface area contributed by atoms with E-state index in [1.165, 1.54) is 0 Å². The Hall–Kier alpha value is -3.13. The van der Waals surface area contributed by atoms with E-state index >= 15 is 0 Å². The molecule has 0 spiro atoms. The smallest absolute Gasteiger partial charge is 0.146 e. The second-order valence-corrected chi connectivity index (χ2v) is 5.59. The van der Waals surface area contributed by atoms with Gasteiger partial charge >= 0.3 is 0 Å². The fourth-order valence-corrected chi connectivity index (χ4v) is 2.68. The van der Waals surface area contributed by atoms with Crippen molar-refractivity contribution in [3.8, 4) is 0 Å². The van der Waals surface area contributed by atoms with Crippen LogP contribution in [0.1, 0.15) is 23.7 Å². The number of benzene rings is 2. The molecule has 0 amide bonds. The number of allylic oxidation sites excluding steroid dienone is 3. The minimum Gasteiger partial charge on any atom is -0.361 e. The van der Waals surface area contributed by atoms with Gasteiger partial charge in [0.05, 0.1) is 0 Å². The van der Waals surface area contributed by atoms with Crippen molar-refractivity contribution in [3.05, 3.63) is 107 Å². The number of carbonyl (C=O) groups excluding carboxylic acids is 1. The Kier molecular flexibility index (Phi) is 4.87. The highest BCUT2D eigenvalue weighted by molar-refractivity contribution is 5.96. The molecule has 0 aliphatic heterocycles. The third kappa shape index (κ3) is 3.44. The van der Waals surface area contributed by atoms with Crippen molar-refractivity contribution >= 4 is 17.4 Å². The molecule has 0 aliphatic rings. The van der Waals surface area contributed by atoms with Gasteiger partial charge in [-0.1, -0.05) is 60.7 Å². The second kappa shape index (κ2) is 7.42. The Morgan fingerprint density at radius 3 is 1.88 bits per heavy atom. The molecule has 24 heavy (non-hydrogen) atoms. The molecule has 1 aromatic heterocycles. The molecule has 0 saturated carbocycles. The first-order valence-electron chi connectivity index (χ1n) is 7.92. The molecule has 2 aromatic carbocycles. The first-order valence-corrected chi connectivity index (χ1v) is 7.92. The number of hydrogen-bond acceptors (Lipinski definition) is 1. The Labute approximate surface area is 142 Å². The van der Waals surface area contributed by atoms with Gasteiger partial charge in [-0.2, -0.15) is 0 Å². The fourth-order valence-electron chi connectivity index (χ4n) is 2.68. The maximum Gasteiger partial charge on any atom is 0.146 e. The molecule has 0 aliphatic carbocycles. The van der Waals surface area contributed by atoms with Gasteiger partial charge in [0.25, 0.3) is 0 Å². The van der Waals surface area contributed by atoms with Crippen molar-refractivity contribution in [2.45, 2.75) is 6.92 Å². The van der Waals surface area contributed by atoms with E-state index in [4.69, 9.17) is 0 Å². The van der Waals surface area contributed by atoms with Gasteiger partial charge in [-0.05, 0) is 47.4 Å². The van der Waals surface area contributed by atoms with Crippen molar-refractivity contribution < 1.29 is 4.79 Å². The van der Waals surface area contributed by atoms with Crippen LogP contribution in [-0.2, 0) is 4.79 Å². The van der Waals surface area contributed by atoms with Gasteiger partial charge in [0, 0.05) is 17.5 Å². The van der Waals surface area contributed by atoms with Crippen molar-refractivity contribution in [1.82, 2.24) is 4.98 Å². The Bertz CT molecular complexity index is 815. The van der Waals surface area contributed by atoms with Gasteiger partial charge in [-0.15, -0.1) is 0 Å². The zero-order valence-electron chi connectivity index (χ0n) is 13.6. The highest BCUT2D eigenvalue weighted by Crippen LogP contribution is 2.28. The molecule has 118 valence electrons. The normalized spacial score (nSPS) is 11.5. The summed E-state index contributed by atoms with van der Waals surface area (Å²) in [7, 11) is 0. The Morgan fingerprint density at radius 2 is 1.42 bits per heavy atom. The van der Waals surface area contributed by atoms with E-state index in [-0.39, 0.29) is 0 Å². The van der Waals surface area contributed by atoms with Crippen LogP contribution in [0.5, 0.6) is 0 Å². The van der Waals surface area contributed by atoms with Crippen LogP contribution in [0.4, 0.5) is 0 Å². The lowest BCUT2D eigenvalue weighted by Gasteiger charge is -2.11. The summed E-state index contributed by atoms with van der Waals surface area (Å²) in [5, 5.41) is 0. The second-order valence-electron chi connectivity index (χ2n) is 5.59. The van der Waals surface area contributed by atoms with Crippen LogP contribution in [-0.4, -0.2) is 11.3 Å². The predicted molar refractivity (Wildman–Crippen MR) is 99.4 cm³/mol. The summed E-state index contributed by atoms with van der Waals surface area (Å²) in [5.74, 6) is 0. The number of nitrogens with one attached hydrogen (secondary N) is 1. The summed E-state index contributed by atoms with van der Waals surface area (Å²) in [6.07, 6.45) is 4.85. The molecule has 0 unspecified atom stereocenters. The SMILES string of the molecule is C/C(C=O)=C(/C=C(c1ccccc1)c1ccccc1)c1ccc[nH]1. The van der Waals surface area contributed by atoms with Gasteiger partial charge in [-0.25, -0.2) is 0 Å². The molecule has 3 aromatic rings. The Morgan fingerprint density at radius 1 is 0.833 bits per heavy atom. The van der Waals surface area contributed by atoms with E-state index in [2.05, 4.69) is 35.3 Å². The standard InChI is InChI=1S/C22H19NO/c1-17(16-24)20(22-13-8-14-23-22)15-21(18-9-4-2-5-10-18)19-11-6-3-7-12-19/h2-16,23H,1H3/b20-17+. The molecule has 0 saturated heterocycles. The third-order valence-electron chi connectivity index (χ3n) is 3.95. The van der Waals surface area contributed by atoms with Crippen molar-refractivity contribution in [3.63, 3.8) is 0 Å². The molecule has 2 heteroatoms. The van der Waals surface area contributed by atoms with Gasteiger partial charge in [0.1, 0.15) is 6.29 Å². The van der Waals surface area contributed by atoms with Crippen LogP contribution in [0.3, 0.4) is 0 Å². The number of aldehydes is 1. The molecule has 0 bridgehead atoms. The van der Waals surface area contributed by atoms with E-state index in [0.717, 1.165) is 34.3 Å². The number of rotatable bonds is 5. The molecule has 1 heterocycles. The van der Waals surface area contributed by atoms with Gasteiger partial charge in [0.15, 0.2) is 0 Å². The van der Waals surface area contributed by atoms with Crippen LogP contribution in [0.2, 0.25) is 0 Å². The molecule has 0 fully saturated rings. The molecule has 3 rings (SSSR count). The molecule has 2 nitrogen and oxygen atoms in total. The van der Waals surface area contributed by atoms with E-state index in [1.54, 1.807) is 0 Å². The van der Waals surface area contributed by atoms with Gasteiger partial charge in [-0.3, -0.25) is 4.79 Å². The average Bonchev–Trinajstić information content (AvgIpc) is 3.18. The zero-order valence-corrected chi connectivity index (χ0v) is 13.6. The highest BCUT2D eigenvalue weighted by atomic mass is 16.1. The van der Waals surface area contributed by atoms with Crippen LogP contribution in [0.15, 0.2) is 90.6 Å². The predicted octanol–water partition coefficient (Wildman–Crippen LogP) is 5.12. The van der Waals surface area contributed by atoms with Gasteiger partial charge in [0.2, 0.25) is 0 Å². The van der Waals surface area contributed by atoms with Crippen molar-refractivity contribution in [2.75, 3.05) is 0 Å². The van der Waals surface area contributed by atoms with Crippen LogP contribution in [0.25, 0.3) is 11.1 Å². The van der Waals surface area contributed by atoms with Crippen molar-refractivity contribution in [1.29, 1.82) is 0 Å². The largest absolute Gasteiger partial charge is 0.361 e. The van der Waals surface area contributed by atoms with Crippen LogP contribution in [0, 0.1) is 0 Å². The lowest BCUT2D eigenvalue weighted by atomic mass is 9.93. The minimum atomic E-state index is 0.696. The topological polar surface area (TPSA) is 32.9 Å². The molecular formula is C22H19NO. The average molecular weight is 313 g/mol. The first-order chi connectivity index (χ1) is 11.8. The lowest BCUT2D eigenvalue weighted by Crippen LogP contribution is -1.93. The minimum absolute atomic E-state index is 0.696. The first kappa shape index (κ1) is 15.8. The summed E-state index contributed by atoms with van der Waals surface area (Å²) in [5.41, 5.74) is 5.85. The highest BCUT2D eigenvalue weighted by Gasteiger charge is 2.09. The number of aromatic amines is 1. The monoisotopic (exact) mass is 313 g/mol. The quantitative estimate of drug-likeness (QED) is 0.396. The Balaban J connectivity index is 2.21. The third-order valence-corrected chi connectivity index (χ3v) is 3.95. The number of aromatic nitrogens is 1. The number of H-pyrrole nitrogens is 1. The summed E-state index contributed by atoms with van der Waals surface area (Å²) < 4.78 is 0. The summed E-state index contributed by atoms with van der Waals surface area (Å²) in [6, 6.07) is 24.4. The molecule has 0 radical (unpaired) electrons. The van der Waals surface area contributed by atoms with Crippen LogP contribution < -0.4 is 0 Å². The summed E-state index contributed by atoms with van der Waals surface area (Å²) in [6.45, 7) is 1.84. The fraction of sp³-hybridized carbons (Fsp3) is 0.0455. The van der Waals surface area contributed by atoms with Gasteiger partial charge < -0.3 is 4.98 Å². The molecule has 0 atom stereocenters. The summed E-state index contributed by atoms with van der Waals surface area (Å²) in [4.78, 5) is 14.6. The van der Waals surface area contributed by atoms with E-state index < -0.39 is 0 Å². The number of carbonyl (C=O) groups is 1. The van der Waals surface area contributed by atoms with Crippen molar-refractivity contribution in [2.24, 2.45) is 0 Å². The zero-order chi connectivity index (χ0) is 16.8. The number of hydrogen-bond donors (Lipinski definition) is 1. The van der Waals surface area contributed by atoms with E-state index in [0.29, 0.717) is 5.57 Å². The van der Waals surface area contributed by atoms with E-state index in [1.807, 2.05) is 61.7 Å². The maximum absolute atomic E-state index is 11.4. The summed E-state index contributed by atoms with van der Waals surface area (Å²) >= 11 is 0.